The smallest absolute Gasteiger partial charge is 0.0956 e. The molecule has 1 unspecified atom stereocenters. The molecule has 0 radical (unpaired) electrons. The topological polar surface area (TPSA) is 0 Å². The molecule has 0 saturated carbocycles. The average Bonchev–Trinajstić information content (AvgIpc) is 2.62. The molecule has 2 heteroatoms. The average molecular weight is 363 g/mol. The van der Waals surface area contributed by atoms with E-state index in [0.717, 1.165) is 18.4 Å². The number of unbranched alkanes of at least 4 members (excludes halogenated alkanes) is 5. The summed E-state index contributed by atoms with van der Waals surface area (Å²) >= 11 is 13.8. The largest absolute Gasteiger partial charge is 0.149 e. The van der Waals surface area contributed by atoms with Crippen molar-refractivity contribution in [3.05, 3.63) is 71.8 Å². The van der Waals surface area contributed by atoms with Crippen molar-refractivity contribution in [1.29, 1.82) is 0 Å². The maximum Gasteiger partial charge on any atom is 0.149 e. The lowest BCUT2D eigenvalue weighted by molar-refractivity contribution is 0.508. The van der Waals surface area contributed by atoms with E-state index >= 15 is 0 Å². The monoisotopic (exact) mass is 362 g/mol. The van der Waals surface area contributed by atoms with Crippen LogP contribution in [0.2, 0.25) is 0 Å². The summed E-state index contributed by atoms with van der Waals surface area (Å²) in [4.78, 5) is 0. The van der Waals surface area contributed by atoms with Crippen LogP contribution in [0.25, 0.3) is 0 Å². The van der Waals surface area contributed by atoms with Crippen LogP contribution in [-0.4, -0.2) is 0 Å². The minimum atomic E-state index is -0.897. The van der Waals surface area contributed by atoms with Crippen molar-refractivity contribution in [2.75, 3.05) is 0 Å². The predicted octanol–water partition coefficient (Wildman–Crippen LogP) is 7.85. The Balaban J connectivity index is 2.09. The van der Waals surface area contributed by atoms with Gasteiger partial charge in [0.1, 0.15) is 4.33 Å². The third-order valence-corrected chi connectivity index (χ3v) is 5.61. The van der Waals surface area contributed by atoms with Gasteiger partial charge in [0, 0.05) is 5.92 Å². The third-order valence-electron chi connectivity index (χ3n) is 4.64. The minimum Gasteiger partial charge on any atom is -0.0956 e. The molecule has 1 atom stereocenters. The van der Waals surface area contributed by atoms with E-state index in [0.29, 0.717) is 0 Å². The standard InChI is InChI=1S/C22H28Cl2/c1-2-3-4-5-6-13-18-21(19-14-9-7-10-15-19)22(23,24)20-16-11-8-12-17-20/h7-12,14-17,21H,2-6,13,18H2,1H3. The van der Waals surface area contributed by atoms with Crippen LogP contribution in [0.1, 0.15) is 68.9 Å². The lowest BCUT2D eigenvalue weighted by atomic mass is 9.86. The first-order valence-corrected chi connectivity index (χ1v) is 9.90. The summed E-state index contributed by atoms with van der Waals surface area (Å²) in [5, 5.41) is 0. The van der Waals surface area contributed by atoms with Gasteiger partial charge in [0.05, 0.1) is 0 Å². The molecule has 0 aliphatic heterocycles. The summed E-state index contributed by atoms with van der Waals surface area (Å²) in [5.74, 6) is 0.107. The lowest BCUT2D eigenvalue weighted by Crippen LogP contribution is -2.22. The highest BCUT2D eigenvalue weighted by atomic mass is 35.5. The second-order valence-corrected chi connectivity index (χ2v) is 7.89. The molecule has 0 aliphatic rings. The first kappa shape index (κ1) is 19.3. The van der Waals surface area contributed by atoms with Crippen molar-refractivity contribution in [2.45, 2.75) is 62.1 Å². The maximum absolute atomic E-state index is 6.89. The van der Waals surface area contributed by atoms with Crippen LogP contribution in [0.5, 0.6) is 0 Å². The second kappa shape index (κ2) is 10.1. The van der Waals surface area contributed by atoms with Gasteiger partial charge in [0.15, 0.2) is 0 Å². The Morgan fingerprint density at radius 1 is 0.750 bits per heavy atom. The van der Waals surface area contributed by atoms with Gasteiger partial charge in [0.2, 0.25) is 0 Å². The molecule has 0 fully saturated rings. The minimum absolute atomic E-state index is 0.107. The lowest BCUT2D eigenvalue weighted by Gasteiger charge is -2.31. The van der Waals surface area contributed by atoms with Crippen molar-refractivity contribution in [2.24, 2.45) is 0 Å². The quantitative estimate of drug-likeness (QED) is 0.298. The number of benzene rings is 2. The molecule has 0 spiro atoms. The summed E-state index contributed by atoms with van der Waals surface area (Å²) in [5.41, 5.74) is 2.20. The first-order valence-electron chi connectivity index (χ1n) is 9.14. The van der Waals surface area contributed by atoms with Crippen LogP contribution in [0, 0.1) is 0 Å². The summed E-state index contributed by atoms with van der Waals surface area (Å²) in [6, 6.07) is 20.5. The van der Waals surface area contributed by atoms with Crippen molar-refractivity contribution < 1.29 is 0 Å². The van der Waals surface area contributed by atoms with Gasteiger partial charge in [0.25, 0.3) is 0 Å². The molecular formula is C22H28Cl2. The molecule has 2 rings (SSSR count). The van der Waals surface area contributed by atoms with Crippen LogP contribution >= 0.6 is 23.2 Å². The summed E-state index contributed by atoms with van der Waals surface area (Å²) in [6.07, 6.45) is 8.68. The normalized spacial score (nSPS) is 13.0. The maximum atomic E-state index is 6.89. The molecule has 2 aromatic rings. The van der Waals surface area contributed by atoms with Crippen molar-refractivity contribution in [3.8, 4) is 0 Å². The van der Waals surface area contributed by atoms with Crippen LogP contribution in [0.4, 0.5) is 0 Å². The van der Waals surface area contributed by atoms with Crippen molar-refractivity contribution >= 4 is 23.2 Å². The fraction of sp³-hybridized carbons (Fsp3) is 0.455. The van der Waals surface area contributed by atoms with E-state index in [1.54, 1.807) is 0 Å². The van der Waals surface area contributed by atoms with Gasteiger partial charge in [-0.25, -0.2) is 0 Å². The molecule has 0 aromatic heterocycles. The van der Waals surface area contributed by atoms with E-state index in [1.165, 1.54) is 37.7 Å². The Hall–Kier alpha value is -0.980. The molecule has 0 saturated heterocycles. The zero-order valence-electron chi connectivity index (χ0n) is 14.6. The number of hydrogen-bond acceptors (Lipinski definition) is 0. The van der Waals surface area contributed by atoms with Crippen LogP contribution in [0.3, 0.4) is 0 Å². The number of alkyl halides is 2. The van der Waals surface area contributed by atoms with Crippen molar-refractivity contribution in [3.63, 3.8) is 0 Å². The molecule has 0 amide bonds. The van der Waals surface area contributed by atoms with E-state index in [4.69, 9.17) is 23.2 Å². The highest BCUT2D eigenvalue weighted by Gasteiger charge is 2.37. The van der Waals surface area contributed by atoms with Gasteiger partial charge in [-0.3, -0.25) is 0 Å². The summed E-state index contributed by atoms with van der Waals surface area (Å²) in [7, 11) is 0. The Morgan fingerprint density at radius 3 is 1.92 bits per heavy atom. The Morgan fingerprint density at radius 2 is 1.29 bits per heavy atom. The molecule has 130 valence electrons. The van der Waals surface area contributed by atoms with Gasteiger partial charge in [-0.1, -0.05) is 129 Å². The van der Waals surface area contributed by atoms with Crippen LogP contribution in [0.15, 0.2) is 60.7 Å². The van der Waals surface area contributed by atoms with Gasteiger partial charge in [-0.2, -0.15) is 0 Å². The number of halogens is 2. The van der Waals surface area contributed by atoms with Gasteiger partial charge in [-0.05, 0) is 17.5 Å². The van der Waals surface area contributed by atoms with Gasteiger partial charge < -0.3 is 0 Å². The Labute approximate surface area is 157 Å². The first-order chi connectivity index (χ1) is 11.7. The SMILES string of the molecule is CCCCCCCCC(c1ccccc1)C(Cl)(Cl)c1ccccc1. The Kier molecular flexibility index (Phi) is 8.15. The molecule has 0 heterocycles. The molecule has 24 heavy (non-hydrogen) atoms. The third kappa shape index (κ3) is 5.53. The van der Waals surface area contributed by atoms with Gasteiger partial charge >= 0.3 is 0 Å². The molecule has 0 nitrogen and oxygen atoms in total. The Bertz CT molecular complexity index is 563. The van der Waals surface area contributed by atoms with E-state index in [1.807, 2.05) is 36.4 Å². The van der Waals surface area contributed by atoms with E-state index in [9.17, 15) is 0 Å². The fourth-order valence-electron chi connectivity index (χ4n) is 3.23. The fourth-order valence-corrected chi connectivity index (χ4v) is 3.96. The van der Waals surface area contributed by atoms with Crippen molar-refractivity contribution in [1.82, 2.24) is 0 Å². The zero-order valence-corrected chi connectivity index (χ0v) is 16.1. The molecule has 2 aromatic carbocycles. The second-order valence-electron chi connectivity index (χ2n) is 6.51. The van der Waals surface area contributed by atoms with Gasteiger partial charge in [-0.15, -0.1) is 0 Å². The highest BCUT2D eigenvalue weighted by Crippen LogP contribution is 2.48. The summed E-state index contributed by atoms with van der Waals surface area (Å²) in [6.45, 7) is 2.25. The highest BCUT2D eigenvalue weighted by molar-refractivity contribution is 6.48. The predicted molar refractivity (Wildman–Crippen MR) is 107 cm³/mol. The van der Waals surface area contributed by atoms with E-state index in [-0.39, 0.29) is 5.92 Å². The molecular weight excluding hydrogens is 335 g/mol. The molecule has 0 aliphatic carbocycles. The number of rotatable bonds is 10. The summed E-state index contributed by atoms with van der Waals surface area (Å²) < 4.78 is -0.897. The molecule has 0 N–H and O–H groups in total. The zero-order chi connectivity index (χ0) is 17.3. The van der Waals surface area contributed by atoms with Crippen LogP contribution < -0.4 is 0 Å². The van der Waals surface area contributed by atoms with E-state index < -0.39 is 4.33 Å². The number of hydrogen-bond donors (Lipinski definition) is 0. The van der Waals surface area contributed by atoms with E-state index in [2.05, 4.69) is 31.2 Å². The van der Waals surface area contributed by atoms with Crippen LogP contribution in [-0.2, 0) is 4.33 Å². The molecule has 0 bridgehead atoms.